The van der Waals surface area contributed by atoms with Gasteiger partial charge in [-0.25, -0.2) is 4.79 Å². The van der Waals surface area contributed by atoms with Crippen molar-refractivity contribution in [3.63, 3.8) is 0 Å². The SMILES string of the molecule is C=C(C)CC1(C(=O)O)Cc2ccccc2CN1C(=O)c1ccc(C(C)(C)C)c(OC)c1. The van der Waals surface area contributed by atoms with Gasteiger partial charge in [-0.2, -0.15) is 0 Å². The summed E-state index contributed by atoms with van der Waals surface area (Å²) in [6, 6.07) is 13.1. The van der Waals surface area contributed by atoms with Crippen LogP contribution in [0.15, 0.2) is 54.6 Å². The number of benzene rings is 2. The summed E-state index contributed by atoms with van der Waals surface area (Å²) in [5.41, 5.74) is 2.51. The van der Waals surface area contributed by atoms with Gasteiger partial charge >= 0.3 is 5.97 Å². The van der Waals surface area contributed by atoms with Crippen molar-refractivity contribution in [1.29, 1.82) is 0 Å². The molecule has 0 radical (unpaired) electrons. The zero-order valence-electron chi connectivity index (χ0n) is 19.0. The van der Waals surface area contributed by atoms with Gasteiger partial charge in [0.2, 0.25) is 0 Å². The predicted octanol–water partition coefficient (Wildman–Crippen LogP) is 4.98. The number of ether oxygens (including phenoxy) is 1. The third kappa shape index (κ3) is 4.22. The maximum absolute atomic E-state index is 13.7. The van der Waals surface area contributed by atoms with E-state index in [1.165, 1.54) is 4.90 Å². The molecule has 0 saturated carbocycles. The largest absolute Gasteiger partial charge is 0.496 e. The molecule has 3 rings (SSSR count). The van der Waals surface area contributed by atoms with Crippen molar-refractivity contribution in [2.75, 3.05) is 7.11 Å². The maximum atomic E-state index is 13.7. The number of carbonyl (C=O) groups is 2. The quantitative estimate of drug-likeness (QED) is 0.692. The lowest BCUT2D eigenvalue weighted by molar-refractivity contribution is -0.151. The second-order valence-electron chi connectivity index (χ2n) is 9.47. The number of carboxylic acid groups (broad SMARTS) is 1. The van der Waals surface area contributed by atoms with Crippen molar-refractivity contribution in [1.82, 2.24) is 4.90 Å². The van der Waals surface area contributed by atoms with Crippen molar-refractivity contribution < 1.29 is 19.4 Å². The molecule has 1 atom stereocenters. The van der Waals surface area contributed by atoms with E-state index in [0.717, 1.165) is 22.3 Å². The molecule has 2 aromatic rings. The Hall–Kier alpha value is -3.08. The fourth-order valence-corrected chi connectivity index (χ4v) is 4.41. The standard InChI is InChI=1S/C26H31NO4/c1-17(2)14-26(24(29)30)15-19-9-7-8-10-20(19)16-27(26)23(28)18-11-12-21(25(3,4)5)22(13-18)31-6/h7-13H,1,14-16H2,2-6H3,(H,29,30). The van der Waals surface area contributed by atoms with Crippen LogP contribution >= 0.6 is 0 Å². The van der Waals surface area contributed by atoms with Gasteiger partial charge in [-0.15, -0.1) is 6.58 Å². The van der Waals surface area contributed by atoms with E-state index in [9.17, 15) is 14.7 Å². The number of methoxy groups -OCH3 is 1. The fraction of sp³-hybridized carbons (Fsp3) is 0.385. The van der Waals surface area contributed by atoms with Crippen LogP contribution in [-0.2, 0) is 23.2 Å². The molecule has 0 aliphatic carbocycles. The van der Waals surface area contributed by atoms with Crippen LogP contribution in [0.2, 0.25) is 0 Å². The molecule has 1 N–H and O–H groups in total. The normalized spacial score (nSPS) is 18.3. The molecular formula is C26H31NO4. The van der Waals surface area contributed by atoms with Crippen molar-refractivity contribution in [2.45, 2.75) is 58.0 Å². The lowest BCUT2D eigenvalue weighted by Crippen LogP contribution is -2.60. The first-order valence-corrected chi connectivity index (χ1v) is 10.4. The second-order valence-corrected chi connectivity index (χ2v) is 9.47. The number of rotatable bonds is 5. The van der Waals surface area contributed by atoms with Crippen molar-refractivity contribution in [3.05, 3.63) is 76.9 Å². The van der Waals surface area contributed by atoms with E-state index < -0.39 is 11.5 Å². The number of carboxylic acids is 1. The van der Waals surface area contributed by atoms with E-state index >= 15 is 0 Å². The zero-order chi connectivity index (χ0) is 23.0. The highest BCUT2D eigenvalue weighted by Gasteiger charge is 2.49. The minimum absolute atomic E-state index is 0.151. The Balaban J connectivity index is 2.12. The van der Waals surface area contributed by atoms with E-state index in [4.69, 9.17) is 4.74 Å². The molecule has 1 heterocycles. The van der Waals surface area contributed by atoms with Crippen LogP contribution in [0.4, 0.5) is 0 Å². The van der Waals surface area contributed by atoms with Gasteiger partial charge in [0.15, 0.2) is 0 Å². The molecule has 1 amide bonds. The number of hydrogen-bond donors (Lipinski definition) is 1. The predicted molar refractivity (Wildman–Crippen MR) is 122 cm³/mol. The molecule has 0 fully saturated rings. The summed E-state index contributed by atoms with van der Waals surface area (Å²) in [6.07, 6.45) is 0.438. The molecule has 1 aliphatic rings. The Morgan fingerprint density at radius 1 is 1.16 bits per heavy atom. The van der Waals surface area contributed by atoms with Crippen LogP contribution < -0.4 is 4.74 Å². The number of amides is 1. The van der Waals surface area contributed by atoms with Gasteiger partial charge in [0.25, 0.3) is 5.91 Å². The number of aliphatic carboxylic acids is 1. The van der Waals surface area contributed by atoms with Crippen LogP contribution in [-0.4, -0.2) is 34.5 Å². The molecule has 0 saturated heterocycles. The van der Waals surface area contributed by atoms with Gasteiger partial charge in [-0.05, 0) is 41.2 Å². The molecule has 164 valence electrons. The molecule has 2 aromatic carbocycles. The van der Waals surface area contributed by atoms with Crippen molar-refractivity contribution in [2.24, 2.45) is 0 Å². The number of nitrogens with zero attached hydrogens (tertiary/aromatic N) is 1. The Bertz CT molecular complexity index is 1030. The topological polar surface area (TPSA) is 66.8 Å². The third-order valence-electron chi connectivity index (χ3n) is 5.94. The van der Waals surface area contributed by atoms with Gasteiger partial charge in [-0.1, -0.05) is 56.7 Å². The number of fused-ring (bicyclic) bond motifs is 1. The lowest BCUT2D eigenvalue weighted by atomic mass is 9.78. The highest BCUT2D eigenvalue weighted by molar-refractivity contribution is 5.99. The van der Waals surface area contributed by atoms with Crippen LogP contribution in [0.1, 0.15) is 61.2 Å². The molecule has 1 unspecified atom stereocenters. The van der Waals surface area contributed by atoms with E-state index in [0.29, 0.717) is 11.3 Å². The molecule has 31 heavy (non-hydrogen) atoms. The summed E-state index contributed by atoms with van der Waals surface area (Å²) in [5.74, 6) is -0.717. The van der Waals surface area contributed by atoms with Crippen LogP contribution in [0.3, 0.4) is 0 Å². The molecular weight excluding hydrogens is 390 g/mol. The second kappa shape index (κ2) is 8.22. The maximum Gasteiger partial charge on any atom is 0.330 e. The highest BCUT2D eigenvalue weighted by Crippen LogP contribution is 2.38. The molecule has 0 aromatic heterocycles. The Morgan fingerprint density at radius 3 is 2.35 bits per heavy atom. The van der Waals surface area contributed by atoms with E-state index in [-0.39, 0.29) is 30.7 Å². The summed E-state index contributed by atoms with van der Waals surface area (Å²) in [6.45, 7) is 12.2. The lowest BCUT2D eigenvalue weighted by Gasteiger charge is -2.45. The number of carbonyl (C=O) groups excluding carboxylic acids is 1. The van der Waals surface area contributed by atoms with Crippen molar-refractivity contribution in [3.8, 4) is 5.75 Å². The van der Waals surface area contributed by atoms with Crippen LogP contribution in [0.5, 0.6) is 5.75 Å². The summed E-state index contributed by atoms with van der Waals surface area (Å²) < 4.78 is 5.57. The molecule has 0 spiro atoms. The summed E-state index contributed by atoms with van der Waals surface area (Å²) >= 11 is 0. The highest BCUT2D eigenvalue weighted by atomic mass is 16.5. The Kier molecular flexibility index (Phi) is 5.99. The first kappa shape index (κ1) is 22.6. The minimum atomic E-state index is -1.38. The van der Waals surface area contributed by atoms with Gasteiger partial charge in [0.05, 0.1) is 7.11 Å². The average molecular weight is 422 g/mol. The third-order valence-corrected chi connectivity index (χ3v) is 5.94. The number of hydrogen-bond acceptors (Lipinski definition) is 3. The fourth-order valence-electron chi connectivity index (χ4n) is 4.41. The smallest absolute Gasteiger partial charge is 0.330 e. The first-order valence-electron chi connectivity index (χ1n) is 10.4. The van der Waals surface area contributed by atoms with Gasteiger partial charge in [-0.3, -0.25) is 4.79 Å². The average Bonchev–Trinajstić information content (AvgIpc) is 2.70. The monoisotopic (exact) mass is 421 g/mol. The van der Waals surface area contributed by atoms with Crippen LogP contribution in [0.25, 0.3) is 0 Å². The van der Waals surface area contributed by atoms with Crippen molar-refractivity contribution >= 4 is 11.9 Å². The summed E-state index contributed by atoms with van der Waals surface area (Å²) in [5, 5.41) is 10.3. The molecule has 1 aliphatic heterocycles. The summed E-state index contributed by atoms with van der Waals surface area (Å²) in [4.78, 5) is 27.8. The van der Waals surface area contributed by atoms with E-state index in [2.05, 4.69) is 27.4 Å². The molecule has 5 nitrogen and oxygen atoms in total. The Morgan fingerprint density at radius 2 is 1.81 bits per heavy atom. The van der Waals surface area contributed by atoms with Crippen LogP contribution in [0, 0.1) is 0 Å². The summed E-state index contributed by atoms with van der Waals surface area (Å²) in [7, 11) is 1.58. The van der Waals surface area contributed by atoms with E-state index in [1.807, 2.05) is 30.3 Å². The van der Waals surface area contributed by atoms with Gasteiger partial charge in [0, 0.05) is 24.9 Å². The molecule has 5 heteroatoms. The minimum Gasteiger partial charge on any atom is -0.496 e. The van der Waals surface area contributed by atoms with Gasteiger partial charge in [0.1, 0.15) is 11.3 Å². The van der Waals surface area contributed by atoms with E-state index in [1.54, 1.807) is 26.2 Å². The first-order chi connectivity index (χ1) is 14.5. The van der Waals surface area contributed by atoms with Gasteiger partial charge < -0.3 is 14.7 Å². The zero-order valence-corrected chi connectivity index (χ0v) is 19.0. The molecule has 0 bridgehead atoms. The Labute approximate surface area is 184 Å².